The van der Waals surface area contributed by atoms with Crippen molar-refractivity contribution in [2.75, 3.05) is 5.73 Å². The molecule has 0 aliphatic rings. The van der Waals surface area contributed by atoms with Gasteiger partial charge in [0.1, 0.15) is 0 Å². The Kier molecular flexibility index (Phi) is 3.00. The number of aromatic nitrogens is 1. The van der Waals surface area contributed by atoms with Gasteiger partial charge in [0.2, 0.25) is 0 Å². The summed E-state index contributed by atoms with van der Waals surface area (Å²) < 4.78 is 46.4. The zero-order valence-electron chi connectivity index (χ0n) is 7.00. The zero-order valence-corrected chi connectivity index (χ0v) is 8.57. The van der Waals surface area contributed by atoms with E-state index >= 15 is 0 Å². The summed E-state index contributed by atoms with van der Waals surface area (Å²) in [6.07, 6.45) is -3.10. The molecule has 0 spiro atoms. The van der Waals surface area contributed by atoms with Gasteiger partial charge in [-0.2, -0.15) is 0 Å². The van der Waals surface area contributed by atoms with Crippen molar-refractivity contribution in [2.45, 2.75) is 11.5 Å². The fraction of sp³-hybridized carbons (Fsp3) is 0.167. The zero-order chi connectivity index (χ0) is 11.8. The average Bonchev–Trinajstić information content (AvgIpc) is 2.06. The lowest BCUT2D eigenvalue weighted by molar-refractivity contribution is 0.147. The van der Waals surface area contributed by atoms with Crippen molar-refractivity contribution < 1.29 is 17.2 Å². The minimum atomic E-state index is -4.44. The summed E-state index contributed by atoms with van der Waals surface area (Å²) in [5, 5.41) is -1.03. The fourth-order valence-corrected chi connectivity index (χ4v) is 1.94. The molecular formula is C6H5ClF2N2O3S. The van der Waals surface area contributed by atoms with E-state index in [1.54, 1.807) is 4.98 Å². The first-order chi connectivity index (χ1) is 6.73. The molecule has 0 saturated heterocycles. The molecular weight excluding hydrogens is 254 g/mol. The molecule has 0 atom stereocenters. The van der Waals surface area contributed by atoms with Crippen LogP contribution >= 0.6 is 10.7 Å². The van der Waals surface area contributed by atoms with Crippen molar-refractivity contribution in [3.63, 3.8) is 0 Å². The van der Waals surface area contributed by atoms with Gasteiger partial charge in [0.25, 0.3) is 21.0 Å². The fourth-order valence-electron chi connectivity index (χ4n) is 0.910. The Morgan fingerprint density at radius 1 is 1.47 bits per heavy atom. The highest BCUT2D eigenvalue weighted by Gasteiger charge is 2.23. The summed E-state index contributed by atoms with van der Waals surface area (Å²) in [5.74, 6) is 0. The monoisotopic (exact) mass is 258 g/mol. The first-order valence-corrected chi connectivity index (χ1v) is 5.80. The minimum Gasteiger partial charge on any atom is -0.394 e. The molecule has 0 aromatic carbocycles. The van der Waals surface area contributed by atoms with E-state index in [2.05, 4.69) is 0 Å². The van der Waals surface area contributed by atoms with E-state index in [1.165, 1.54) is 0 Å². The van der Waals surface area contributed by atoms with Gasteiger partial charge >= 0.3 is 0 Å². The summed E-state index contributed by atoms with van der Waals surface area (Å²) in [6, 6.07) is 0.582. The van der Waals surface area contributed by atoms with E-state index < -0.39 is 37.3 Å². The molecule has 1 heterocycles. The molecule has 0 amide bonds. The lowest BCUT2D eigenvalue weighted by Crippen LogP contribution is -2.17. The molecule has 84 valence electrons. The van der Waals surface area contributed by atoms with Gasteiger partial charge in [0, 0.05) is 10.7 Å². The second-order valence-electron chi connectivity index (χ2n) is 2.58. The maximum Gasteiger partial charge on any atom is 0.277 e. The average molecular weight is 259 g/mol. The topological polar surface area (TPSA) is 93.0 Å². The number of nitrogens with two attached hydrogens (primary N) is 1. The molecule has 3 N–H and O–H groups in total. The standard InChI is InChI=1S/C6H5ClF2N2O3S/c7-15(13,14)6-2(4(8)9)1-3(10)5(12)11-6/h1,4H,10H2,(H,11,12). The van der Waals surface area contributed by atoms with Gasteiger partial charge in [0.15, 0.2) is 5.03 Å². The third-order valence-electron chi connectivity index (χ3n) is 1.54. The van der Waals surface area contributed by atoms with Gasteiger partial charge in [-0.25, -0.2) is 17.2 Å². The number of anilines is 1. The Labute approximate surface area is 87.3 Å². The van der Waals surface area contributed by atoms with Crippen LogP contribution in [0.2, 0.25) is 0 Å². The van der Waals surface area contributed by atoms with E-state index in [9.17, 15) is 22.0 Å². The molecule has 0 aliphatic heterocycles. The van der Waals surface area contributed by atoms with E-state index in [0.29, 0.717) is 6.07 Å². The van der Waals surface area contributed by atoms with E-state index in [-0.39, 0.29) is 0 Å². The summed E-state index contributed by atoms with van der Waals surface area (Å²) >= 11 is 0. The number of nitrogens with one attached hydrogen (secondary N) is 1. The second kappa shape index (κ2) is 3.78. The predicted molar refractivity (Wildman–Crippen MR) is 49.5 cm³/mol. The number of halogens is 3. The summed E-state index contributed by atoms with van der Waals surface area (Å²) in [5.41, 5.74) is 2.63. The quantitative estimate of drug-likeness (QED) is 0.768. The van der Waals surface area contributed by atoms with Crippen LogP contribution in [0.1, 0.15) is 12.0 Å². The Morgan fingerprint density at radius 2 is 2.00 bits per heavy atom. The maximum absolute atomic E-state index is 12.4. The van der Waals surface area contributed by atoms with Gasteiger partial charge in [-0.15, -0.1) is 0 Å². The van der Waals surface area contributed by atoms with E-state index in [1.807, 2.05) is 0 Å². The third-order valence-corrected chi connectivity index (χ3v) is 2.83. The second-order valence-corrected chi connectivity index (χ2v) is 5.08. The van der Waals surface area contributed by atoms with Gasteiger partial charge < -0.3 is 10.7 Å². The number of rotatable bonds is 2. The molecule has 0 bridgehead atoms. The van der Waals surface area contributed by atoms with E-state index in [4.69, 9.17) is 16.4 Å². The molecule has 0 fully saturated rings. The van der Waals surface area contributed by atoms with Crippen LogP contribution in [0.5, 0.6) is 0 Å². The normalized spacial score (nSPS) is 12.0. The van der Waals surface area contributed by atoms with Crippen molar-refractivity contribution in [1.29, 1.82) is 0 Å². The van der Waals surface area contributed by atoms with Crippen LogP contribution < -0.4 is 11.3 Å². The SMILES string of the molecule is Nc1cc(C(F)F)c(S(=O)(=O)Cl)[nH]c1=O. The Balaban J connectivity index is 3.64. The molecule has 0 unspecified atom stereocenters. The molecule has 1 aromatic heterocycles. The number of hydrogen-bond donors (Lipinski definition) is 2. The van der Waals surface area contributed by atoms with Crippen LogP contribution in [0.4, 0.5) is 14.5 Å². The maximum atomic E-state index is 12.4. The van der Waals surface area contributed by atoms with E-state index in [0.717, 1.165) is 0 Å². The molecule has 1 rings (SSSR count). The number of alkyl halides is 2. The lowest BCUT2D eigenvalue weighted by Gasteiger charge is -2.05. The van der Waals surface area contributed by atoms with Gasteiger partial charge in [-0.05, 0) is 6.07 Å². The number of nitrogen functional groups attached to an aromatic ring is 1. The molecule has 9 heteroatoms. The van der Waals surface area contributed by atoms with Crippen LogP contribution in [0.15, 0.2) is 15.9 Å². The van der Waals surface area contributed by atoms with Gasteiger partial charge in [-0.3, -0.25) is 4.79 Å². The minimum absolute atomic E-state index is 0.505. The number of hydrogen-bond acceptors (Lipinski definition) is 4. The number of aromatic amines is 1. The molecule has 0 saturated carbocycles. The highest BCUT2D eigenvalue weighted by atomic mass is 35.7. The number of pyridine rings is 1. The van der Waals surface area contributed by atoms with Crippen molar-refractivity contribution in [2.24, 2.45) is 0 Å². The molecule has 15 heavy (non-hydrogen) atoms. The highest BCUT2D eigenvalue weighted by molar-refractivity contribution is 8.13. The summed E-state index contributed by atoms with van der Waals surface area (Å²) in [7, 11) is 0.423. The summed E-state index contributed by atoms with van der Waals surface area (Å²) in [6.45, 7) is 0. The van der Waals surface area contributed by atoms with Crippen LogP contribution in [0.3, 0.4) is 0 Å². The first kappa shape index (κ1) is 11.9. The van der Waals surface area contributed by atoms with Crippen LogP contribution in [-0.2, 0) is 9.05 Å². The van der Waals surface area contributed by atoms with Gasteiger partial charge in [-0.1, -0.05) is 0 Å². The van der Waals surface area contributed by atoms with Crippen LogP contribution in [-0.4, -0.2) is 13.4 Å². The smallest absolute Gasteiger partial charge is 0.277 e. The van der Waals surface area contributed by atoms with Crippen molar-refractivity contribution in [3.05, 3.63) is 22.0 Å². The van der Waals surface area contributed by atoms with Crippen molar-refractivity contribution >= 4 is 25.4 Å². The number of H-pyrrole nitrogens is 1. The largest absolute Gasteiger partial charge is 0.394 e. The first-order valence-electron chi connectivity index (χ1n) is 3.49. The van der Waals surface area contributed by atoms with Crippen LogP contribution in [0, 0.1) is 0 Å². The Hall–Kier alpha value is -1.15. The van der Waals surface area contributed by atoms with Gasteiger partial charge in [0.05, 0.1) is 11.3 Å². The predicted octanol–water partition coefficient (Wildman–Crippen LogP) is 0.822. The van der Waals surface area contributed by atoms with Crippen molar-refractivity contribution in [1.82, 2.24) is 4.98 Å². The molecule has 1 aromatic rings. The summed E-state index contributed by atoms with van der Waals surface area (Å²) in [4.78, 5) is 12.6. The third kappa shape index (κ3) is 2.45. The Morgan fingerprint density at radius 3 is 2.40 bits per heavy atom. The Bertz CT molecular complexity index is 540. The van der Waals surface area contributed by atoms with Crippen LogP contribution in [0.25, 0.3) is 0 Å². The highest BCUT2D eigenvalue weighted by Crippen LogP contribution is 2.26. The van der Waals surface area contributed by atoms with Crippen molar-refractivity contribution in [3.8, 4) is 0 Å². The molecule has 0 aliphatic carbocycles. The molecule has 0 radical (unpaired) electrons. The lowest BCUT2D eigenvalue weighted by atomic mass is 10.3. The molecule has 5 nitrogen and oxygen atoms in total.